The Morgan fingerprint density at radius 1 is 1.00 bits per heavy atom. The van der Waals surface area contributed by atoms with Crippen molar-refractivity contribution < 1.29 is 9.53 Å². The highest BCUT2D eigenvalue weighted by molar-refractivity contribution is 6.20. The number of aryl methyl sites for hydroxylation is 1. The molecule has 0 spiro atoms. The SMILES string of the molecule is CC1=C(c2ccccc2)C(=O)N(C(C)(C)c2cccc(C)c2)CO1. The van der Waals surface area contributed by atoms with Gasteiger partial charge in [-0.1, -0.05) is 60.2 Å². The Morgan fingerprint density at radius 2 is 1.71 bits per heavy atom. The summed E-state index contributed by atoms with van der Waals surface area (Å²) in [5.41, 5.74) is 3.36. The summed E-state index contributed by atoms with van der Waals surface area (Å²) < 4.78 is 5.85. The first-order chi connectivity index (χ1) is 11.4. The van der Waals surface area contributed by atoms with Crippen LogP contribution in [0.2, 0.25) is 0 Å². The van der Waals surface area contributed by atoms with Crippen LogP contribution in [0.4, 0.5) is 0 Å². The fraction of sp³-hybridized carbons (Fsp3) is 0.286. The molecule has 0 atom stereocenters. The Hall–Kier alpha value is -2.55. The summed E-state index contributed by atoms with van der Waals surface area (Å²) in [5.74, 6) is 0.693. The van der Waals surface area contributed by atoms with Crippen molar-refractivity contribution in [1.29, 1.82) is 0 Å². The normalized spacial score (nSPS) is 15.5. The Morgan fingerprint density at radius 3 is 2.38 bits per heavy atom. The highest BCUT2D eigenvalue weighted by atomic mass is 16.5. The van der Waals surface area contributed by atoms with Crippen molar-refractivity contribution >= 4 is 11.5 Å². The smallest absolute Gasteiger partial charge is 0.261 e. The van der Waals surface area contributed by atoms with Crippen LogP contribution in [0.3, 0.4) is 0 Å². The number of carbonyl (C=O) groups excluding carboxylic acids is 1. The molecule has 0 fully saturated rings. The molecule has 1 amide bonds. The number of hydrogen-bond acceptors (Lipinski definition) is 2. The van der Waals surface area contributed by atoms with Crippen molar-refractivity contribution in [1.82, 2.24) is 4.90 Å². The van der Waals surface area contributed by atoms with Gasteiger partial charge in [-0.25, -0.2) is 0 Å². The van der Waals surface area contributed by atoms with E-state index in [1.54, 1.807) is 4.90 Å². The fourth-order valence-electron chi connectivity index (χ4n) is 3.11. The van der Waals surface area contributed by atoms with E-state index in [2.05, 4.69) is 39.0 Å². The minimum Gasteiger partial charge on any atom is -0.477 e. The lowest BCUT2D eigenvalue weighted by Crippen LogP contribution is -2.49. The van der Waals surface area contributed by atoms with Crippen molar-refractivity contribution in [3.63, 3.8) is 0 Å². The van der Waals surface area contributed by atoms with E-state index in [0.717, 1.165) is 11.1 Å². The van der Waals surface area contributed by atoms with Crippen LogP contribution in [0, 0.1) is 6.92 Å². The Bertz CT molecular complexity index is 790. The van der Waals surface area contributed by atoms with Gasteiger partial charge in [-0.15, -0.1) is 0 Å². The predicted octanol–water partition coefficient (Wildman–Crippen LogP) is 4.48. The van der Waals surface area contributed by atoms with E-state index < -0.39 is 5.54 Å². The van der Waals surface area contributed by atoms with Crippen LogP contribution in [0.25, 0.3) is 5.57 Å². The molecule has 0 aliphatic carbocycles. The Labute approximate surface area is 143 Å². The molecule has 3 rings (SSSR count). The van der Waals surface area contributed by atoms with Gasteiger partial charge in [0.2, 0.25) is 0 Å². The summed E-state index contributed by atoms with van der Waals surface area (Å²) in [6.45, 7) is 8.31. The molecule has 0 saturated carbocycles. The summed E-state index contributed by atoms with van der Waals surface area (Å²) >= 11 is 0. The van der Waals surface area contributed by atoms with Crippen LogP contribution in [0.5, 0.6) is 0 Å². The van der Waals surface area contributed by atoms with Gasteiger partial charge in [0.05, 0.1) is 11.1 Å². The Kier molecular flexibility index (Phi) is 4.18. The molecule has 0 saturated heterocycles. The third kappa shape index (κ3) is 2.82. The molecule has 1 heterocycles. The summed E-state index contributed by atoms with van der Waals surface area (Å²) in [6, 6.07) is 18.0. The maximum Gasteiger partial charge on any atom is 0.261 e. The summed E-state index contributed by atoms with van der Waals surface area (Å²) in [5, 5.41) is 0. The number of hydrogen-bond donors (Lipinski definition) is 0. The van der Waals surface area contributed by atoms with Gasteiger partial charge in [-0.3, -0.25) is 9.69 Å². The van der Waals surface area contributed by atoms with Crippen LogP contribution in [0.15, 0.2) is 60.4 Å². The highest BCUT2D eigenvalue weighted by Gasteiger charge is 2.38. The van der Waals surface area contributed by atoms with Crippen molar-refractivity contribution in [3.05, 3.63) is 77.0 Å². The van der Waals surface area contributed by atoms with E-state index in [1.165, 1.54) is 5.56 Å². The van der Waals surface area contributed by atoms with E-state index in [-0.39, 0.29) is 12.6 Å². The second kappa shape index (κ2) is 6.16. The van der Waals surface area contributed by atoms with E-state index >= 15 is 0 Å². The largest absolute Gasteiger partial charge is 0.477 e. The quantitative estimate of drug-likeness (QED) is 0.834. The third-order valence-corrected chi connectivity index (χ3v) is 4.68. The molecule has 2 aromatic rings. The van der Waals surface area contributed by atoms with Crippen molar-refractivity contribution in [2.45, 2.75) is 33.2 Å². The third-order valence-electron chi connectivity index (χ3n) is 4.68. The first kappa shape index (κ1) is 16.3. The standard InChI is InChI=1S/C21H23NO2/c1-15-9-8-12-18(13-15)21(3,4)22-14-24-16(2)19(20(22)23)17-10-6-5-7-11-17/h5-13H,14H2,1-4H3. The summed E-state index contributed by atoms with van der Waals surface area (Å²) in [6.07, 6.45) is 0. The molecule has 24 heavy (non-hydrogen) atoms. The van der Waals surface area contributed by atoms with Crippen LogP contribution in [-0.4, -0.2) is 17.5 Å². The summed E-state index contributed by atoms with van der Waals surface area (Å²) in [4.78, 5) is 15.0. The molecule has 3 nitrogen and oxygen atoms in total. The van der Waals surface area contributed by atoms with Gasteiger partial charge in [0.15, 0.2) is 6.73 Å². The molecule has 2 aromatic carbocycles. The van der Waals surface area contributed by atoms with Gasteiger partial charge in [-0.05, 0) is 38.8 Å². The minimum atomic E-state index is -0.455. The molecule has 0 unspecified atom stereocenters. The van der Waals surface area contributed by atoms with Crippen molar-refractivity contribution in [2.24, 2.45) is 0 Å². The van der Waals surface area contributed by atoms with Crippen molar-refractivity contribution in [3.8, 4) is 0 Å². The lowest BCUT2D eigenvalue weighted by atomic mass is 9.89. The van der Waals surface area contributed by atoms with Crippen LogP contribution in [-0.2, 0) is 15.1 Å². The van der Waals surface area contributed by atoms with Crippen LogP contribution < -0.4 is 0 Å². The molecule has 3 heteroatoms. The molecule has 1 aliphatic rings. The van der Waals surface area contributed by atoms with Gasteiger partial charge in [-0.2, -0.15) is 0 Å². The van der Waals surface area contributed by atoms with Gasteiger partial charge >= 0.3 is 0 Å². The van der Waals surface area contributed by atoms with Crippen LogP contribution in [0.1, 0.15) is 37.5 Å². The molecule has 124 valence electrons. The van der Waals surface area contributed by atoms with Gasteiger partial charge < -0.3 is 4.74 Å². The average molecular weight is 321 g/mol. The number of rotatable bonds is 3. The molecule has 1 aliphatic heterocycles. The van der Waals surface area contributed by atoms with Crippen LogP contribution >= 0.6 is 0 Å². The molecule has 0 radical (unpaired) electrons. The molecular weight excluding hydrogens is 298 g/mol. The number of ether oxygens (including phenoxy) is 1. The predicted molar refractivity (Wildman–Crippen MR) is 96.0 cm³/mol. The maximum absolute atomic E-state index is 13.2. The lowest BCUT2D eigenvalue weighted by Gasteiger charge is -2.42. The number of allylic oxidation sites excluding steroid dienone is 1. The number of carbonyl (C=O) groups is 1. The zero-order valence-corrected chi connectivity index (χ0v) is 14.7. The number of amides is 1. The average Bonchev–Trinajstić information content (AvgIpc) is 2.55. The molecule has 0 N–H and O–H groups in total. The van der Waals surface area contributed by atoms with E-state index in [1.807, 2.05) is 43.3 Å². The minimum absolute atomic E-state index is 0.0106. The maximum atomic E-state index is 13.2. The topological polar surface area (TPSA) is 29.5 Å². The van der Waals surface area contributed by atoms with Crippen molar-refractivity contribution in [2.75, 3.05) is 6.73 Å². The van der Waals surface area contributed by atoms with E-state index in [9.17, 15) is 4.79 Å². The van der Waals surface area contributed by atoms with Gasteiger partial charge in [0.1, 0.15) is 5.76 Å². The number of benzene rings is 2. The summed E-state index contributed by atoms with van der Waals surface area (Å²) in [7, 11) is 0. The lowest BCUT2D eigenvalue weighted by molar-refractivity contribution is -0.139. The fourth-order valence-corrected chi connectivity index (χ4v) is 3.11. The van der Waals surface area contributed by atoms with Gasteiger partial charge in [0.25, 0.3) is 5.91 Å². The zero-order chi connectivity index (χ0) is 17.3. The molecular formula is C21H23NO2. The zero-order valence-electron chi connectivity index (χ0n) is 14.7. The van der Waals surface area contributed by atoms with Gasteiger partial charge in [0, 0.05) is 0 Å². The first-order valence-corrected chi connectivity index (χ1v) is 8.19. The second-order valence-corrected chi connectivity index (χ2v) is 6.73. The van der Waals surface area contributed by atoms with E-state index in [4.69, 9.17) is 4.74 Å². The number of nitrogens with zero attached hydrogens (tertiary/aromatic N) is 1. The Balaban J connectivity index is 2.00. The molecule has 0 bridgehead atoms. The van der Waals surface area contributed by atoms with E-state index in [0.29, 0.717) is 11.3 Å². The molecule has 0 aromatic heterocycles. The second-order valence-electron chi connectivity index (χ2n) is 6.73. The monoisotopic (exact) mass is 321 g/mol. The highest BCUT2D eigenvalue weighted by Crippen LogP contribution is 2.35. The first-order valence-electron chi connectivity index (χ1n) is 8.19.